The van der Waals surface area contributed by atoms with E-state index in [1.165, 1.54) is 48.5 Å². The first-order valence-electron chi connectivity index (χ1n) is 6.10. The molecule has 116 valence electrons. The Balaban J connectivity index is 1.97. The second kappa shape index (κ2) is 6.33. The van der Waals surface area contributed by atoms with E-state index in [1.54, 1.807) is 0 Å². The summed E-state index contributed by atoms with van der Waals surface area (Å²) < 4.78 is 23.8. The van der Waals surface area contributed by atoms with E-state index >= 15 is 0 Å². The smallest absolute Gasteiger partial charge is 0.334 e. The van der Waals surface area contributed by atoms with Gasteiger partial charge in [0.05, 0.1) is 4.90 Å². The highest BCUT2D eigenvalue weighted by Crippen LogP contribution is 2.15. The Hall–Kier alpha value is -2.78. The number of carbonyl (C=O) groups is 1. The molecule has 0 saturated heterocycles. The van der Waals surface area contributed by atoms with Crippen molar-refractivity contribution in [2.24, 2.45) is 0 Å². The molecule has 22 heavy (non-hydrogen) atoms. The second-order valence-electron chi connectivity index (χ2n) is 4.30. The summed E-state index contributed by atoms with van der Waals surface area (Å²) in [6.07, 6.45) is 0. The Bertz CT molecular complexity index is 775. The Labute approximate surface area is 127 Å². The topological polar surface area (TPSA) is 134 Å². The molecule has 0 aliphatic heterocycles. The Kier molecular flexibility index (Phi) is 4.49. The van der Waals surface area contributed by atoms with E-state index in [-0.39, 0.29) is 10.6 Å². The van der Waals surface area contributed by atoms with Crippen molar-refractivity contribution < 1.29 is 18.3 Å². The number of amides is 2. The van der Waals surface area contributed by atoms with E-state index in [0.29, 0.717) is 11.4 Å². The second-order valence-corrected chi connectivity index (χ2v) is 5.99. The van der Waals surface area contributed by atoms with Gasteiger partial charge in [-0.1, -0.05) is 6.07 Å². The van der Waals surface area contributed by atoms with Crippen LogP contribution in [0.5, 0.6) is 5.75 Å². The van der Waals surface area contributed by atoms with E-state index in [2.05, 4.69) is 5.32 Å². The summed E-state index contributed by atoms with van der Waals surface area (Å²) in [4.78, 5) is 13.5. The zero-order chi connectivity index (χ0) is 16.2. The minimum Gasteiger partial charge on any atom is -0.508 e. The third-order valence-corrected chi connectivity index (χ3v) is 3.86. The minimum atomic E-state index is -3.90. The molecular formula is C13H14N4O4S. The van der Waals surface area contributed by atoms with E-state index in [0.717, 1.165) is 0 Å². The van der Waals surface area contributed by atoms with Gasteiger partial charge in [-0.15, -0.1) is 4.83 Å². The number of phenolic OH excluding ortho intramolecular Hbond substituents is 1. The van der Waals surface area contributed by atoms with Crippen molar-refractivity contribution in [3.63, 3.8) is 0 Å². The van der Waals surface area contributed by atoms with Crippen LogP contribution in [-0.4, -0.2) is 19.6 Å². The van der Waals surface area contributed by atoms with Crippen LogP contribution in [-0.2, 0) is 10.0 Å². The fourth-order valence-electron chi connectivity index (χ4n) is 1.57. The lowest BCUT2D eigenvalue weighted by Gasteiger charge is -2.10. The molecule has 9 heteroatoms. The molecule has 0 radical (unpaired) electrons. The summed E-state index contributed by atoms with van der Waals surface area (Å²) in [5.41, 5.74) is 8.21. The normalized spacial score (nSPS) is 10.9. The third kappa shape index (κ3) is 4.11. The maximum absolute atomic E-state index is 11.9. The average Bonchev–Trinajstić information content (AvgIpc) is 2.46. The molecule has 0 aliphatic rings. The summed E-state index contributed by atoms with van der Waals surface area (Å²) in [5.74, 6) is -0.0275. The highest BCUT2D eigenvalue weighted by Gasteiger charge is 2.14. The lowest BCUT2D eigenvalue weighted by atomic mass is 10.3. The van der Waals surface area contributed by atoms with Crippen molar-refractivity contribution in [2.75, 3.05) is 11.1 Å². The molecule has 0 saturated carbocycles. The van der Waals surface area contributed by atoms with Crippen LogP contribution in [0.4, 0.5) is 16.2 Å². The number of hydrazine groups is 1. The van der Waals surface area contributed by atoms with Crippen molar-refractivity contribution in [3.8, 4) is 5.75 Å². The SMILES string of the molecule is Nc1ccc(S(=O)(=O)NNC(=O)Nc2cccc(O)c2)cc1. The van der Waals surface area contributed by atoms with Gasteiger partial charge in [-0.25, -0.2) is 13.2 Å². The lowest BCUT2D eigenvalue weighted by molar-refractivity contribution is 0.250. The van der Waals surface area contributed by atoms with Gasteiger partial charge < -0.3 is 16.2 Å². The molecule has 0 heterocycles. The van der Waals surface area contributed by atoms with Crippen LogP contribution in [0.1, 0.15) is 0 Å². The number of hydrogen-bond donors (Lipinski definition) is 5. The van der Waals surface area contributed by atoms with Crippen LogP contribution in [0, 0.1) is 0 Å². The molecule has 0 atom stereocenters. The molecule has 8 nitrogen and oxygen atoms in total. The largest absolute Gasteiger partial charge is 0.508 e. The summed E-state index contributed by atoms with van der Waals surface area (Å²) in [5, 5.41) is 11.6. The standard InChI is InChI=1S/C13H14N4O4S/c14-9-4-6-12(7-5-9)22(20,21)17-16-13(19)15-10-2-1-3-11(18)8-10/h1-8,17-18H,14H2,(H2,15,16,19). The van der Waals surface area contributed by atoms with Gasteiger partial charge in [0.25, 0.3) is 10.0 Å². The summed E-state index contributed by atoms with van der Waals surface area (Å²) in [6.45, 7) is 0. The predicted octanol–water partition coefficient (Wildman–Crippen LogP) is 0.989. The van der Waals surface area contributed by atoms with Crippen LogP contribution in [0.25, 0.3) is 0 Å². The van der Waals surface area contributed by atoms with Crippen molar-refractivity contribution in [3.05, 3.63) is 48.5 Å². The van der Waals surface area contributed by atoms with Crippen molar-refractivity contribution in [1.29, 1.82) is 0 Å². The maximum Gasteiger partial charge on any atom is 0.334 e. The van der Waals surface area contributed by atoms with Gasteiger partial charge in [0, 0.05) is 17.4 Å². The predicted molar refractivity (Wildman–Crippen MR) is 81.4 cm³/mol. The third-order valence-electron chi connectivity index (χ3n) is 2.59. The number of rotatable bonds is 4. The number of nitrogens with two attached hydrogens (primary N) is 1. The molecule has 0 bridgehead atoms. The number of hydrogen-bond acceptors (Lipinski definition) is 5. The molecule has 2 amide bonds. The fourth-order valence-corrected chi connectivity index (χ4v) is 2.40. The monoisotopic (exact) mass is 322 g/mol. The highest BCUT2D eigenvalue weighted by molar-refractivity contribution is 7.89. The number of nitrogen functional groups attached to an aromatic ring is 1. The number of phenols is 1. The number of benzene rings is 2. The Morgan fingerprint density at radius 2 is 1.77 bits per heavy atom. The van der Waals surface area contributed by atoms with E-state index in [4.69, 9.17) is 5.73 Å². The van der Waals surface area contributed by atoms with Crippen LogP contribution >= 0.6 is 0 Å². The Morgan fingerprint density at radius 1 is 1.09 bits per heavy atom. The van der Waals surface area contributed by atoms with Crippen molar-refractivity contribution in [1.82, 2.24) is 10.3 Å². The van der Waals surface area contributed by atoms with Crippen LogP contribution in [0.3, 0.4) is 0 Å². The molecule has 2 aromatic carbocycles. The van der Waals surface area contributed by atoms with Gasteiger partial charge in [-0.3, -0.25) is 5.43 Å². The van der Waals surface area contributed by atoms with Gasteiger partial charge in [-0.05, 0) is 36.4 Å². The van der Waals surface area contributed by atoms with Crippen molar-refractivity contribution >= 4 is 27.4 Å². The first-order valence-corrected chi connectivity index (χ1v) is 7.58. The molecule has 0 fully saturated rings. The molecule has 0 unspecified atom stereocenters. The van der Waals surface area contributed by atoms with Gasteiger partial charge in [0.15, 0.2) is 0 Å². The zero-order valence-corrected chi connectivity index (χ0v) is 12.1. The molecule has 0 spiro atoms. The van der Waals surface area contributed by atoms with Gasteiger partial charge in [-0.2, -0.15) is 0 Å². The van der Waals surface area contributed by atoms with E-state index in [1.807, 2.05) is 10.3 Å². The van der Waals surface area contributed by atoms with Crippen LogP contribution < -0.4 is 21.3 Å². The van der Waals surface area contributed by atoms with E-state index < -0.39 is 16.1 Å². The zero-order valence-electron chi connectivity index (χ0n) is 11.3. The number of carbonyl (C=O) groups excluding carboxylic acids is 1. The van der Waals surface area contributed by atoms with Gasteiger partial charge >= 0.3 is 6.03 Å². The number of anilines is 2. The fraction of sp³-hybridized carbons (Fsp3) is 0. The van der Waals surface area contributed by atoms with Gasteiger partial charge in [0.2, 0.25) is 0 Å². The van der Waals surface area contributed by atoms with Gasteiger partial charge in [0.1, 0.15) is 5.75 Å². The quantitative estimate of drug-likeness (QED) is 0.423. The number of nitrogens with one attached hydrogen (secondary N) is 3. The molecule has 0 aromatic heterocycles. The first kappa shape index (κ1) is 15.6. The number of aromatic hydroxyl groups is 1. The maximum atomic E-state index is 11.9. The molecule has 0 aliphatic carbocycles. The highest BCUT2D eigenvalue weighted by atomic mass is 32.2. The molecular weight excluding hydrogens is 308 g/mol. The molecule has 2 rings (SSSR count). The first-order chi connectivity index (χ1) is 10.4. The minimum absolute atomic E-state index is 0.0275. The Morgan fingerprint density at radius 3 is 2.41 bits per heavy atom. The summed E-state index contributed by atoms with van der Waals surface area (Å²) in [6, 6.07) is 10.5. The molecule has 6 N–H and O–H groups in total. The average molecular weight is 322 g/mol. The molecule has 2 aromatic rings. The number of urea groups is 1. The number of sulfonamides is 1. The summed E-state index contributed by atoms with van der Waals surface area (Å²) >= 11 is 0. The lowest BCUT2D eigenvalue weighted by Crippen LogP contribution is -2.43. The summed E-state index contributed by atoms with van der Waals surface area (Å²) in [7, 11) is -3.90. The van der Waals surface area contributed by atoms with Crippen molar-refractivity contribution in [2.45, 2.75) is 4.90 Å². The van der Waals surface area contributed by atoms with E-state index in [9.17, 15) is 18.3 Å². The van der Waals surface area contributed by atoms with Crippen LogP contribution in [0.15, 0.2) is 53.4 Å². The van der Waals surface area contributed by atoms with Crippen LogP contribution in [0.2, 0.25) is 0 Å².